The molecule has 1 N–H and O–H groups in total. The molecule has 1 aliphatic heterocycles. The number of rotatable bonds is 2. The molecule has 0 spiro atoms. The van der Waals surface area contributed by atoms with Gasteiger partial charge in [0.2, 0.25) is 0 Å². The first-order valence-electron chi connectivity index (χ1n) is 6.49. The van der Waals surface area contributed by atoms with E-state index in [1.54, 1.807) is 0 Å². The molecule has 11 heteroatoms. The number of hydrogen-bond donors (Lipinski definition) is 1. The minimum absolute atomic E-state index is 0. The summed E-state index contributed by atoms with van der Waals surface area (Å²) in [7, 11) is 0. The smallest absolute Gasteiger partial charge is 0.314 e. The summed E-state index contributed by atoms with van der Waals surface area (Å²) in [4.78, 5) is 1.08. The van der Waals surface area contributed by atoms with Crippen molar-refractivity contribution in [3.8, 4) is 0 Å². The Labute approximate surface area is 146 Å². The van der Waals surface area contributed by atoms with Crippen LogP contribution in [-0.4, -0.2) is 37.3 Å². The van der Waals surface area contributed by atoms with Crippen LogP contribution >= 0.6 is 24.8 Å². The van der Waals surface area contributed by atoms with E-state index in [0.717, 1.165) is 4.90 Å². The summed E-state index contributed by atoms with van der Waals surface area (Å²) in [5.41, 5.74) is -2.10. The van der Waals surface area contributed by atoms with E-state index in [0.29, 0.717) is 31.3 Å². The van der Waals surface area contributed by atoms with Crippen molar-refractivity contribution in [3.63, 3.8) is 0 Å². The number of benzene rings is 1. The van der Waals surface area contributed by atoms with E-state index >= 15 is 0 Å². The van der Waals surface area contributed by atoms with E-state index in [1.807, 2.05) is 0 Å². The molecule has 0 saturated carbocycles. The van der Waals surface area contributed by atoms with Crippen LogP contribution in [0.1, 0.15) is 17.2 Å². The minimum Gasteiger partial charge on any atom is -0.314 e. The Hall–Kier alpha value is -0.770. The molecule has 1 aromatic rings. The van der Waals surface area contributed by atoms with Crippen LogP contribution in [0.2, 0.25) is 0 Å². The Morgan fingerprint density at radius 2 is 1.50 bits per heavy atom. The molecule has 0 radical (unpaired) electrons. The van der Waals surface area contributed by atoms with Gasteiger partial charge in [-0.15, -0.1) is 24.8 Å². The molecule has 2 rings (SSSR count). The van der Waals surface area contributed by atoms with Gasteiger partial charge in [0.25, 0.3) is 0 Å². The van der Waals surface area contributed by atoms with Gasteiger partial charge in [0.1, 0.15) is 11.9 Å². The highest BCUT2D eigenvalue weighted by Gasteiger charge is 2.45. The molecule has 1 saturated heterocycles. The summed E-state index contributed by atoms with van der Waals surface area (Å²) in [6.45, 7) is 0.811. The van der Waals surface area contributed by atoms with Crippen molar-refractivity contribution in [2.45, 2.75) is 18.4 Å². The van der Waals surface area contributed by atoms with Gasteiger partial charge in [0, 0.05) is 26.2 Å². The summed E-state index contributed by atoms with van der Waals surface area (Å²) in [5.74, 6) is -1.70. The second kappa shape index (κ2) is 8.55. The second-order valence-electron chi connectivity index (χ2n) is 4.97. The number of piperazine rings is 1. The summed E-state index contributed by atoms with van der Waals surface area (Å²) in [6, 6.07) is -0.757. The van der Waals surface area contributed by atoms with E-state index < -0.39 is 35.3 Å². The SMILES string of the molecule is Cl.Cl.Fc1cc([C@H](N2CCNCC2)C(F)(F)F)ccc1C(F)(F)F. The fourth-order valence-corrected chi connectivity index (χ4v) is 2.48. The maximum atomic E-state index is 13.5. The molecule has 1 heterocycles. The fourth-order valence-electron chi connectivity index (χ4n) is 2.48. The van der Waals surface area contributed by atoms with Gasteiger partial charge in [-0.1, -0.05) is 6.07 Å². The molecule has 1 aliphatic rings. The first kappa shape index (κ1) is 23.2. The molecular formula is C13H15Cl2F7N2. The van der Waals surface area contributed by atoms with E-state index in [2.05, 4.69) is 5.32 Å². The molecule has 1 fully saturated rings. The van der Waals surface area contributed by atoms with Crippen LogP contribution in [-0.2, 0) is 6.18 Å². The average Bonchev–Trinajstić information content (AvgIpc) is 2.37. The quantitative estimate of drug-likeness (QED) is 0.745. The number of alkyl halides is 6. The Bertz CT molecular complexity index is 528. The first-order chi connectivity index (χ1) is 10.1. The predicted molar refractivity (Wildman–Crippen MR) is 79.1 cm³/mol. The molecule has 0 bridgehead atoms. The van der Waals surface area contributed by atoms with Gasteiger partial charge in [-0.2, -0.15) is 26.3 Å². The van der Waals surface area contributed by atoms with Crippen LogP contribution in [0.15, 0.2) is 18.2 Å². The van der Waals surface area contributed by atoms with Gasteiger partial charge < -0.3 is 5.32 Å². The van der Waals surface area contributed by atoms with Gasteiger partial charge >= 0.3 is 12.4 Å². The Morgan fingerprint density at radius 3 is 1.92 bits per heavy atom. The average molecular weight is 403 g/mol. The van der Waals surface area contributed by atoms with Gasteiger partial charge in [0.15, 0.2) is 0 Å². The van der Waals surface area contributed by atoms with Crippen LogP contribution in [0, 0.1) is 5.82 Å². The van der Waals surface area contributed by atoms with Crippen LogP contribution in [0.4, 0.5) is 30.7 Å². The van der Waals surface area contributed by atoms with Gasteiger partial charge in [-0.3, -0.25) is 4.90 Å². The normalized spacial score (nSPS) is 17.6. The second-order valence-corrected chi connectivity index (χ2v) is 4.97. The predicted octanol–water partition coefficient (Wildman–Crippen LogP) is 4.20. The Balaban J connectivity index is 0.00000264. The lowest BCUT2D eigenvalue weighted by Crippen LogP contribution is -2.49. The lowest BCUT2D eigenvalue weighted by atomic mass is 10.0. The van der Waals surface area contributed by atoms with Crippen molar-refractivity contribution in [2.24, 2.45) is 0 Å². The highest BCUT2D eigenvalue weighted by molar-refractivity contribution is 5.85. The summed E-state index contributed by atoms with van der Waals surface area (Å²) in [5, 5.41) is 2.88. The third-order valence-electron chi connectivity index (χ3n) is 3.44. The lowest BCUT2D eigenvalue weighted by molar-refractivity contribution is -0.187. The molecule has 140 valence electrons. The van der Waals surface area contributed by atoms with Gasteiger partial charge in [-0.05, 0) is 17.7 Å². The largest absolute Gasteiger partial charge is 0.419 e. The highest BCUT2D eigenvalue weighted by atomic mass is 35.5. The van der Waals surface area contributed by atoms with Crippen molar-refractivity contribution < 1.29 is 30.7 Å². The maximum Gasteiger partial charge on any atom is 0.419 e. The van der Waals surface area contributed by atoms with Crippen molar-refractivity contribution in [2.75, 3.05) is 26.2 Å². The molecule has 0 amide bonds. The third kappa shape index (κ3) is 5.37. The number of nitrogens with one attached hydrogen (secondary N) is 1. The fraction of sp³-hybridized carbons (Fsp3) is 0.538. The summed E-state index contributed by atoms with van der Waals surface area (Å²) in [6.07, 6.45) is -9.64. The Morgan fingerprint density at radius 1 is 0.958 bits per heavy atom. The van der Waals surface area contributed by atoms with Gasteiger partial charge in [0.05, 0.1) is 5.56 Å². The molecule has 1 aromatic carbocycles. The first-order valence-corrected chi connectivity index (χ1v) is 6.49. The minimum atomic E-state index is -4.94. The maximum absolute atomic E-state index is 13.5. The lowest BCUT2D eigenvalue weighted by Gasteiger charge is -2.36. The molecule has 0 aliphatic carbocycles. The van der Waals surface area contributed by atoms with Gasteiger partial charge in [-0.25, -0.2) is 4.39 Å². The zero-order chi connectivity index (χ0) is 16.5. The molecule has 1 atom stereocenters. The van der Waals surface area contributed by atoms with E-state index in [9.17, 15) is 30.7 Å². The van der Waals surface area contributed by atoms with E-state index in [1.165, 1.54) is 0 Å². The standard InChI is InChI=1S/C13H13F7N2.2ClH/c14-10-7-8(1-2-9(10)12(15,16)17)11(13(18,19)20)22-5-3-21-4-6-22;;/h1-2,7,11,21H,3-6H2;2*1H/t11-;;/m0../s1. The number of halogens is 9. The zero-order valence-electron chi connectivity index (χ0n) is 12.0. The van der Waals surface area contributed by atoms with Crippen LogP contribution in [0.3, 0.4) is 0 Å². The van der Waals surface area contributed by atoms with Crippen molar-refractivity contribution in [3.05, 3.63) is 35.1 Å². The Kier molecular flexibility index (Phi) is 8.28. The monoisotopic (exact) mass is 402 g/mol. The summed E-state index contributed by atoms with van der Waals surface area (Å²) < 4.78 is 90.8. The molecule has 0 unspecified atom stereocenters. The third-order valence-corrected chi connectivity index (χ3v) is 3.44. The molecular weight excluding hydrogens is 388 g/mol. The number of nitrogens with zero attached hydrogens (tertiary/aromatic N) is 1. The van der Waals surface area contributed by atoms with Crippen LogP contribution < -0.4 is 5.32 Å². The highest BCUT2D eigenvalue weighted by Crippen LogP contribution is 2.40. The van der Waals surface area contributed by atoms with Crippen LogP contribution in [0.25, 0.3) is 0 Å². The van der Waals surface area contributed by atoms with E-state index in [4.69, 9.17) is 0 Å². The molecule has 2 nitrogen and oxygen atoms in total. The topological polar surface area (TPSA) is 15.3 Å². The van der Waals surface area contributed by atoms with Crippen LogP contribution in [0.5, 0.6) is 0 Å². The number of hydrogen-bond acceptors (Lipinski definition) is 2. The van der Waals surface area contributed by atoms with Crippen molar-refractivity contribution >= 4 is 24.8 Å². The molecule has 24 heavy (non-hydrogen) atoms. The zero-order valence-corrected chi connectivity index (χ0v) is 13.7. The van der Waals surface area contributed by atoms with Crippen molar-refractivity contribution in [1.82, 2.24) is 10.2 Å². The van der Waals surface area contributed by atoms with Crippen molar-refractivity contribution in [1.29, 1.82) is 0 Å². The van der Waals surface area contributed by atoms with E-state index in [-0.39, 0.29) is 37.9 Å². The summed E-state index contributed by atoms with van der Waals surface area (Å²) >= 11 is 0. The molecule has 0 aromatic heterocycles.